The van der Waals surface area contributed by atoms with Crippen LogP contribution in [0.15, 0.2) is 24.4 Å². The highest BCUT2D eigenvalue weighted by molar-refractivity contribution is 6.30. The molecule has 2 aromatic heterocycles. The fourth-order valence-corrected chi connectivity index (χ4v) is 8.60. The lowest BCUT2D eigenvalue weighted by Crippen LogP contribution is -2.61. The first kappa shape index (κ1) is 33.1. The lowest BCUT2D eigenvalue weighted by molar-refractivity contribution is -0.147. The van der Waals surface area contributed by atoms with Crippen molar-refractivity contribution < 1.29 is 23.5 Å². The quantitative estimate of drug-likeness (QED) is 0.378. The van der Waals surface area contributed by atoms with E-state index in [9.17, 15) is 14.4 Å². The fraction of sp³-hybridized carbons (Fsp3) is 0.606. The number of carbonyl (C=O) groups excluding carboxylic acids is 3. The van der Waals surface area contributed by atoms with Crippen LogP contribution in [0.2, 0.25) is 10.3 Å². The van der Waals surface area contributed by atoms with Crippen molar-refractivity contribution in [3.05, 3.63) is 51.6 Å². The monoisotopic (exact) mass is 674 g/mol. The van der Waals surface area contributed by atoms with Crippen molar-refractivity contribution in [1.82, 2.24) is 25.5 Å². The first-order chi connectivity index (χ1) is 21.9. The number of pyridine rings is 2. The number of nitrogens with one attached hydrogen (secondary N) is 3. The summed E-state index contributed by atoms with van der Waals surface area (Å²) in [4.78, 5) is 52.0. The molecule has 4 aliphatic rings. The number of anilines is 1. The zero-order valence-electron chi connectivity index (χ0n) is 26.6. The number of halogens is 3. The summed E-state index contributed by atoms with van der Waals surface area (Å²) in [6.07, 6.45) is 4.53. The molecule has 0 bridgehead atoms. The van der Waals surface area contributed by atoms with Crippen molar-refractivity contribution in [2.24, 2.45) is 5.41 Å². The van der Waals surface area contributed by atoms with Crippen molar-refractivity contribution in [3.8, 4) is 0 Å². The standard InChI is InChI=1S/C33H41Cl2FN6O4/c1-5-42(6-2)29(44)21-9-7-18(17-46-21)38-28(43)25-23(19-11-16-37-26(35)24(19)36)33(32(41-25)14-12-31(3,4)13-15-32)20-8-10-22(34)39-27(20)40-30(33)45/h8,10-11,16,18,21,23,25,41H,5-7,9,12-15,17H2,1-4H3,(H,38,43)(H,39,40,45)/t18-,21+,23+,25-,33-/m1/s1. The first-order valence-electron chi connectivity index (χ1n) is 16.1. The zero-order chi connectivity index (χ0) is 33.0. The van der Waals surface area contributed by atoms with Gasteiger partial charge in [-0.3, -0.25) is 19.7 Å². The summed E-state index contributed by atoms with van der Waals surface area (Å²) in [6, 6.07) is 3.50. The lowest BCUT2D eigenvalue weighted by Gasteiger charge is -2.50. The summed E-state index contributed by atoms with van der Waals surface area (Å²) in [5.74, 6) is -2.27. The number of hydrogen-bond donors (Lipinski definition) is 3. The van der Waals surface area contributed by atoms with Crippen LogP contribution in [0.1, 0.15) is 83.3 Å². The van der Waals surface area contributed by atoms with Crippen LogP contribution >= 0.6 is 23.2 Å². The summed E-state index contributed by atoms with van der Waals surface area (Å²) in [5.41, 5.74) is -1.61. The zero-order valence-corrected chi connectivity index (χ0v) is 28.1. The van der Waals surface area contributed by atoms with Crippen molar-refractivity contribution in [3.63, 3.8) is 0 Å². The van der Waals surface area contributed by atoms with Gasteiger partial charge in [0.15, 0.2) is 11.0 Å². The number of rotatable bonds is 6. The van der Waals surface area contributed by atoms with E-state index in [1.54, 1.807) is 17.0 Å². The molecular weight excluding hydrogens is 634 g/mol. The second-order valence-electron chi connectivity index (χ2n) is 13.8. The minimum absolute atomic E-state index is 0.0177. The smallest absolute Gasteiger partial charge is 0.251 e. The first-order valence-corrected chi connectivity index (χ1v) is 16.9. The third kappa shape index (κ3) is 5.27. The Kier molecular flexibility index (Phi) is 8.84. The van der Waals surface area contributed by atoms with E-state index < -0.39 is 34.8 Å². The second kappa shape index (κ2) is 12.3. The molecule has 5 heterocycles. The van der Waals surface area contributed by atoms with Crippen LogP contribution in [0.3, 0.4) is 0 Å². The number of hydrogen-bond acceptors (Lipinski definition) is 7. The summed E-state index contributed by atoms with van der Waals surface area (Å²) < 4.78 is 22.0. The SMILES string of the molecule is CCN(CC)C(=O)[C@@H]1CC[C@@H](NC(=O)[C@@H]2NC3(CCC(C)(C)CC3)[C@@]3(C(=O)Nc4nc(Cl)ccc43)[C@H]2c2ccnc(Cl)c2F)CO1. The van der Waals surface area contributed by atoms with Gasteiger partial charge in [0.25, 0.3) is 5.91 Å². The number of likely N-dealkylation sites (N-methyl/N-ethyl adjacent to an activating group) is 1. The molecule has 5 atom stereocenters. The highest BCUT2D eigenvalue weighted by atomic mass is 35.5. The molecule has 3 fully saturated rings. The van der Waals surface area contributed by atoms with Gasteiger partial charge in [-0.2, -0.15) is 0 Å². The molecule has 6 rings (SSSR count). The van der Waals surface area contributed by atoms with Gasteiger partial charge in [-0.15, -0.1) is 0 Å². The van der Waals surface area contributed by atoms with Crippen LogP contribution in [0.4, 0.5) is 10.2 Å². The third-order valence-corrected chi connectivity index (χ3v) is 11.3. The number of fused-ring (bicyclic) bond motifs is 3. The number of nitrogens with zero attached hydrogens (tertiary/aromatic N) is 3. The minimum atomic E-state index is -1.41. The van der Waals surface area contributed by atoms with Crippen LogP contribution in [0.25, 0.3) is 0 Å². The summed E-state index contributed by atoms with van der Waals surface area (Å²) >= 11 is 12.5. The number of carbonyl (C=O) groups is 3. The maximum absolute atomic E-state index is 16.1. The van der Waals surface area contributed by atoms with Crippen LogP contribution in [0, 0.1) is 11.2 Å². The molecule has 3 N–H and O–H groups in total. The van der Waals surface area contributed by atoms with E-state index in [-0.39, 0.29) is 51.7 Å². The number of ether oxygens (including phenoxy) is 1. The Labute approximate surface area is 278 Å². The van der Waals surface area contributed by atoms with Crippen molar-refractivity contribution in [2.75, 3.05) is 25.0 Å². The normalized spacial score (nSPS) is 29.4. The van der Waals surface area contributed by atoms with Crippen molar-refractivity contribution in [2.45, 2.75) is 101 Å². The van der Waals surface area contributed by atoms with Crippen molar-refractivity contribution >= 4 is 46.7 Å². The van der Waals surface area contributed by atoms with E-state index in [4.69, 9.17) is 27.9 Å². The molecular formula is C33H41Cl2FN6O4. The summed E-state index contributed by atoms with van der Waals surface area (Å²) in [6.45, 7) is 9.59. The highest BCUT2D eigenvalue weighted by Crippen LogP contribution is 2.63. The van der Waals surface area contributed by atoms with Gasteiger partial charge in [-0.25, -0.2) is 14.4 Å². The summed E-state index contributed by atoms with van der Waals surface area (Å²) in [7, 11) is 0. The van der Waals surface area contributed by atoms with Crippen LogP contribution in [-0.4, -0.2) is 76.0 Å². The van der Waals surface area contributed by atoms with E-state index in [0.717, 1.165) is 12.8 Å². The van der Waals surface area contributed by atoms with E-state index in [1.807, 2.05) is 13.8 Å². The molecule has 0 aromatic carbocycles. The van der Waals surface area contributed by atoms with Gasteiger partial charge in [0.1, 0.15) is 22.5 Å². The van der Waals surface area contributed by atoms with E-state index in [0.29, 0.717) is 50.2 Å². The van der Waals surface area contributed by atoms with E-state index in [2.05, 4.69) is 39.8 Å². The van der Waals surface area contributed by atoms with Crippen LogP contribution in [-0.2, 0) is 24.5 Å². The van der Waals surface area contributed by atoms with E-state index >= 15 is 4.39 Å². The Morgan fingerprint density at radius 3 is 2.48 bits per heavy atom. The molecule has 248 valence electrons. The Hall–Kier alpha value is -2.86. The number of aromatic nitrogens is 2. The van der Waals surface area contributed by atoms with Gasteiger partial charge >= 0.3 is 0 Å². The average molecular weight is 676 g/mol. The van der Waals surface area contributed by atoms with Gasteiger partial charge in [0, 0.05) is 36.3 Å². The molecule has 46 heavy (non-hydrogen) atoms. The molecule has 13 heteroatoms. The van der Waals surface area contributed by atoms with Gasteiger partial charge < -0.3 is 20.3 Å². The van der Waals surface area contributed by atoms with Crippen LogP contribution in [0.5, 0.6) is 0 Å². The maximum Gasteiger partial charge on any atom is 0.251 e. The molecule has 1 aliphatic carbocycles. The predicted octanol–water partition coefficient (Wildman–Crippen LogP) is 4.74. The molecule has 2 aromatic rings. The molecule has 0 unspecified atom stereocenters. The Balaban J connectivity index is 1.40. The maximum atomic E-state index is 16.1. The van der Waals surface area contributed by atoms with Gasteiger partial charge in [0.2, 0.25) is 11.8 Å². The molecule has 3 amide bonds. The second-order valence-corrected chi connectivity index (χ2v) is 14.5. The Morgan fingerprint density at radius 1 is 1.11 bits per heavy atom. The fourth-order valence-electron chi connectivity index (χ4n) is 8.29. The minimum Gasteiger partial charge on any atom is -0.366 e. The Bertz CT molecular complexity index is 1540. The molecule has 10 nitrogen and oxygen atoms in total. The van der Waals surface area contributed by atoms with Gasteiger partial charge in [0.05, 0.1) is 18.7 Å². The molecule has 2 spiro atoms. The van der Waals surface area contributed by atoms with Gasteiger partial charge in [-0.1, -0.05) is 43.1 Å². The largest absolute Gasteiger partial charge is 0.366 e. The average Bonchev–Trinajstić information content (AvgIpc) is 3.49. The lowest BCUT2D eigenvalue weighted by atomic mass is 9.53. The highest BCUT2D eigenvalue weighted by Gasteiger charge is 2.73. The van der Waals surface area contributed by atoms with Crippen LogP contribution < -0.4 is 16.0 Å². The topological polar surface area (TPSA) is 126 Å². The summed E-state index contributed by atoms with van der Waals surface area (Å²) in [5, 5.41) is 9.56. The predicted molar refractivity (Wildman–Crippen MR) is 172 cm³/mol. The molecule has 0 radical (unpaired) electrons. The third-order valence-electron chi connectivity index (χ3n) is 10.8. The molecule has 1 saturated carbocycles. The van der Waals surface area contributed by atoms with Gasteiger partial charge in [-0.05, 0) is 75.5 Å². The Morgan fingerprint density at radius 2 is 1.83 bits per heavy atom. The van der Waals surface area contributed by atoms with Crippen molar-refractivity contribution in [1.29, 1.82) is 0 Å². The molecule has 3 aliphatic heterocycles. The number of amides is 3. The van der Waals surface area contributed by atoms with E-state index in [1.165, 1.54) is 12.3 Å². The molecule has 2 saturated heterocycles.